The van der Waals surface area contributed by atoms with Crippen molar-refractivity contribution in [3.05, 3.63) is 33.8 Å². The topological polar surface area (TPSA) is 72.5 Å². The van der Waals surface area contributed by atoms with Gasteiger partial charge in [0.05, 0.1) is 28.5 Å². The maximum absolute atomic E-state index is 12.2. The zero-order chi connectivity index (χ0) is 15.4. The number of imide groups is 1. The van der Waals surface area contributed by atoms with E-state index in [1.165, 1.54) is 6.07 Å². The van der Waals surface area contributed by atoms with E-state index in [1.807, 2.05) is 0 Å². The van der Waals surface area contributed by atoms with Crippen molar-refractivity contribution < 1.29 is 19.1 Å². The van der Waals surface area contributed by atoms with Gasteiger partial charge in [-0.1, -0.05) is 29.3 Å². The fraction of sp³-hybridized carbons (Fsp3) is 0.357. The van der Waals surface area contributed by atoms with Crippen molar-refractivity contribution >= 4 is 41.0 Å². The molecule has 0 aromatic heterocycles. The Morgan fingerprint density at radius 2 is 2.05 bits per heavy atom. The molecule has 1 saturated heterocycles. The number of benzene rings is 1. The number of piperidine rings is 1. The summed E-state index contributed by atoms with van der Waals surface area (Å²) in [7, 11) is 0. The van der Waals surface area contributed by atoms with Gasteiger partial charge in [-0.2, -0.15) is 0 Å². The van der Waals surface area contributed by atoms with Crippen LogP contribution in [0.5, 0.6) is 0 Å². The maximum atomic E-state index is 12.2. The molecule has 0 bridgehead atoms. The number of carbonyl (C=O) groups is 3. The van der Waals surface area contributed by atoms with E-state index < -0.39 is 35.0 Å². The maximum Gasteiger partial charge on any atom is 0.311 e. The van der Waals surface area contributed by atoms with Crippen molar-refractivity contribution in [2.45, 2.75) is 12.3 Å². The second kappa shape index (κ2) is 4.71. The van der Waals surface area contributed by atoms with Crippen LogP contribution < -0.4 is 5.32 Å². The van der Waals surface area contributed by atoms with E-state index in [0.29, 0.717) is 10.6 Å². The molecule has 1 aromatic carbocycles. The van der Waals surface area contributed by atoms with Gasteiger partial charge in [0.15, 0.2) is 0 Å². The second-order valence-corrected chi connectivity index (χ2v) is 5.84. The third-order valence-electron chi connectivity index (χ3n) is 4.04. The molecule has 0 radical (unpaired) electrons. The minimum absolute atomic E-state index is 0.190. The SMILES string of the molecule is CCOC(=O)C1[C@H]2C(=O)NC(=O)C12c1ccc(Cl)c(Cl)c1. The molecule has 3 rings (SSSR count). The van der Waals surface area contributed by atoms with Crippen LogP contribution >= 0.6 is 23.2 Å². The average Bonchev–Trinajstić information content (AvgIpc) is 3.06. The number of hydrogen-bond acceptors (Lipinski definition) is 4. The van der Waals surface area contributed by atoms with E-state index >= 15 is 0 Å². The molecule has 2 unspecified atom stereocenters. The molecule has 0 spiro atoms. The van der Waals surface area contributed by atoms with E-state index in [9.17, 15) is 14.4 Å². The molecule has 1 aliphatic heterocycles. The van der Waals surface area contributed by atoms with Gasteiger partial charge >= 0.3 is 5.97 Å². The Morgan fingerprint density at radius 1 is 1.33 bits per heavy atom. The lowest BCUT2D eigenvalue weighted by Gasteiger charge is -2.14. The van der Waals surface area contributed by atoms with Crippen molar-refractivity contribution in [2.75, 3.05) is 6.61 Å². The smallest absolute Gasteiger partial charge is 0.311 e. The number of fused-ring (bicyclic) bond motifs is 1. The third kappa shape index (κ3) is 1.80. The van der Waals surface area contributed by atoms with Gasteiger partial charge in [0.25, 0.3) is 0 Å². The monoisotopic (exact) mass is 327 g/mol. The molecule has 21 heavy (non-hydrogen) atoms. The highest BCUT2D eigenvalue weighted by Gasteiger charge is 2.81. The Balaban J connectivity index is 2.07. The summed E-state index contributed by atoms with van der Waals surface area (Å²) in [6.07, 6.45) is 0. The molecule has 1 heterocycles. The summed E-state index contributed by atoms with van der Waals surface area (Å²) in [5, 5.41) is 2.86. The lowest BCUT2D eigenvalue weighted by atomic mass is 9.92. The summed E-state index contributed by atoms with van der Waals surface area (Å²) in [5.41, 5.74) is -0.708. The van der Waals surface area contributed by atoms with Gasteiger partial charge in [0, 0.05) is 0 Å². The molecule has 5 nitrogen and oxygen atoms in total. The second-order valence-electron chi connectivity index (χ2n) is 5.02. The van der Waals surface area contributed by atoms with Gasteiger partial charge in [-0.25, -0.2) is 0 Å². The summed E-state index contributed by atoms with van der Waals surface area (Å²) in [5.74, 6) is -3.02. The first kappa shape index (κ1) is 14.4. The number of hydrogen-bond donors (Lipinski definition) is 1. The number of esters is 1. The fourth-order valence-electron chi connectivity index (χ4n) is 3.12. The highest BCUT2D eigenvalue weighted by Crippen LogP contribution is 2.63. The lowest BCUT2D eigenvalue weighted by molar-refractivity contribution is -0.148. The Labute approximate surface area is 130 Å². The van der Waals surface area contributed by atoms with E-state index in [-0.39, 0.29) is 11.6 Å². The Bertz CT molecular complexity index is 675. The van der Waals surface area contributed by atoms with Gasteiger partial charge in [-0.05, 0) is 24.6 Å². The molecule has 2 amide bonds. The number of rotatable bonds is 3. The molecular formula is C14H11Cl2NO4. The molecule has 2 fully saturated rings. The fourth-order valence-corrected chi connectivity index (χ4v) is 3.42. The molecule has 1 aromatic rings. The third-order valence-corrected chi connectivity index (χ3v) is 4.78. The minimum atomic E-state index is -1.21. The van der Waals surface area contributed by atoms with Crippen molar-refractivity contribution in [3.63, 3.8) is 0 Å². The number of halogens is 2. The van der Waals surface area contributed by atoms with Gasteiger partial charge in [0.2, 0.25) is 11.8 Å². The summed E-state index contributed by atoms with van der Waals surface area (Å²) < 4.78 is 4.97. The molecule has 7 heteroatoms. The van der Waals surface area contributed by atoms with Gasteiger partial charge in [-0.3, -0.25) is 19.7 Å². The van der Waals surface area contributed by atoms with Crippen LogP contribution in [0.2, 0.25) is 10.0 Å². The van der Waals surface area contributed by atoms with E-state index in [2.05, 4.69) is 5.32 Å². The van der Waals surface area contributed by atoms with E-state index in [1.54, 1.807) is 19.1 Å². The zero-order valence-electron chi connectivity index (χ0n) is 11.0. The molecule has 2 aliphatic rings. The Kier molecular flexibility index (Phi) is 3.22. The zero-order valence-corrected chi connectivity index (χ0v) is 12.5. The van der Waals surface area contributed by atoms with Gasteiger partial charge < -0.3 is 4.74 Å². The van der Waals surface area contributed by atoms with E-state index in [0.717, 1.165) is 0 Å². The van der Waals surface area contributed by atoms with Crippen LogP contribution in [0.15, 0.2) is 18.2 Å². The summed E-state index contributed by atoms with van der Waals surface area (Å²) in [6.45, 7) is 1.86. The van der Waals surface area contributed by atoms with Crippen molar-refractivity contribution in [2.24, 2.45) is 11.8 Å². The van der Waals surface area contributed by atoms with Crippen molar-refractivity contribution in [1.29, 1.82) is 0 Å². The van der Waals surface area contributed by atoms with Gasteiger partial charge in [-0.15, -0.1) is 0 Å². The highest BCUT2D eigenvalue weighted by molar-refractivity contribution is 6.42. The number of ether oxygens (including phenoxy) is 1. The molecule has 1 N–H and O–H groups in total. The van der Waals surface area contributed by atoms with E-state index in [4.69, 9.17) is 27.9 Å². The largest absolute Gasteiger partial charge is 0.466 e. The highest BCUT2D eigenvalue weighted by atomic mass is 35.5. The molecule has 1 aliphatic carbocycles. The van der Waals surface area contributed by atoms with Crippen LogP contribution in [0, 0.1) is 11.8 Å². The van der Waals surface area contributed by atoms with Crippen LogP contribution in [0.25, 0.3) is 0 Å². The first-order valence-corrected chi connectivity index (χ1v) is 7.17. The first-order valence-electron chi connectivity index (χ1n) is 6.42. The minimum Gasteiger partial charge on any atom is -0.466 e. The lowest BCUT2D eigenvalue weighted by Crippen LogP contribution is -2.36. The van der Waals surface area contributed by atoms with Crippen LogP contribution in [0.3, 0.4) is 0 Å². The molecule has 3 atom stereocenters. The Hall–Kier alpha value is -1.59. The normalized spacial score (nSPS) is 29.9. The summed E-state index contributed by atoms with van der Waals surface area (Å²) in [4.78, 5) is 36.2. The molecule has 1 saturated carbocycles. The van der Waals surface area contributed by atoms with Crippen molar-refractivity contribution in [1.82, 2.24) is 5.32 Å². The average molecular weight is 328 g/mol. The van der Waals surface area contributed by atoms with Crippen LogP contribution in [0.1, 0.15) is 12.5 Å². The van der Waals surface area contributed by atoms with Crippen LogP contribution in [-0.2, 0) is 24.5 Å². The predicted octanol–water partition coefficient (Wildman–Crippen LogP) is 1.70. The quantitative estimate of drug-likeness (QED) is 0.677. The number of amides is 2. The Morgan fingerprint density at radius 3 is 2.67 bits per heavy atom. The predicted molar refractivity (Wildman–Crippen MR) is 74.9 cm³/mol. The first-order chi connectivity index (χ1) is 9.94. The summed E-state index contributed by atoms with van der Waals surface area (Å²) >= 11 is 11.8. The van der Waals surface area contributed by atoms with Crippen LogP contribution in [0.4, 0.5) is 0 Å². The molecular weight excluding hydrogens is 317 g/mol. The molecule has 110 valence electrons. The number of nitrogens with one attached hydrogen (secondary N) is 1. The standard InChI is InChI=1S/C14H11Cl2NO4/c1-2-21-12(19)10-9-11(18)17-13(20)14(9,10)6-3-4-7(15)8(16)5-6/h3-5,9-10H,2H2,1H3,(H,17,18,20)/t9-,10?,14?/m0/s1. The number of carbonyl (C=O) groups excluding carboxylic acids is 3. The van der Waals surface area contributed by atoms with Crippen molar-refractivity contribution in [3.8, 4) is 0 Å². The van der Waals surface area contributed by atoms with Crippen LogP contribution in [-0.4, -0.2) is 24.4 Å². The summed E-state index contributed by atoms with van der Waals surface area (Å²) in [6, 6.07) is 4.68. The van der Waals surface area contributed by atoms with Gasteiger partial charge in [0.1, 0.15) is 5.41 Å².